The van der Waals surface area contributed by atoms with Crippen LogP contribution in [-0.2, 0) is 11.8 Å². The molecule has 1 aliphatic carbocycles. The molecule has 0 spiro atoms. The molecule has 2 aromatic heterocycles. The number of aryl methyl sites for hydroxylation is 1. The van der Waals surface area contributed by atoms with Crippen molar-refractivity contribution in [2.24, 2.45) is 23.0 Å². The lowest BCUT2D eigenvalue weighted by atomic mass is 9.65. The standard InChI is InChI=1S/C21H26N6O/c1-20(2)15(18-24-16-7-5-6-8-17(16)25-18)9-10-21(20,3)19(28)26-22-11-14-12-23-27(4)13-14/h5-8,11-13,15H,9-10H2,1-4H3,(H,24,25)(H,26,28)/b22-11-/t15-,21-/m1/s1. The summed E-state index contributed by atoms with van der Waals surface area (Å²) in [5.74, 6) is 1.08. The number of fused-ring (bicyclic) bond motifs is 1. The fraction of sp³-hybridized carbons (Fsp3) is 0.429. The number of H-pyrrole nitrogens is 1. The Balaban J connectivity index is 1.53. The van der Waals surface area contributed by atoms with Crippen molar-refractivity contribution in [2.45, 2.75) is 39.5 Å². The minimum absolute atomic E-state index is 0.0590. The number of aromatic nitrogens is 4. The van der Waals surface area contributed by atoms with Crippen LogP contribution in [0.1, 0.15) is 50.9 Å². The normalized spacial score (nSPS) is 24.2. The van der Waals surface area contributed by atoms with Gasteiger partial charge in [-0.15, -0.1) is 0 Å². The first-order valence-corrected chi connectivity index (χ1v) is 9.58. The quantitative estimate of drug-likeness (QED) is 0.539. The molecule has 2 atom stereocenters. The van der Waals surface area contributed by atoms with Crippen LogP contribution in [-0.4, -0.2) is 31.9 Å². The average Bonchev–Trinajstić information content (AvgIpc) is 3.32. The van der Waals surface area contributed by atoms with E-state index < -0.39 is 5.41 Å². The molecule has 1 fully saturated rings. The summed E-state index contributed by atoms with van der Waals surface area (Å²) in [6, 6.07) is 8.04. The van der Waals surface area contributed by atoms with Gasteiger partial charge in [-0.25, -0.2) is 10.4 Å². The average molecular weight is 378 g/mol. The van der Waals surface area contributed by atoms with Gasteiger partial charge in [-0.1, -0.05) is 32.9 Å². The van der Waals surface area contributed by atoms with Gasteiger partial charge >= 0.3 is 0 Å². The first-order chi connectivity index (χ1) is 13.3. The van der Waals surface area contributed by atoms with Crippen molar-refractivity contribution in [1.29, 1.82) is 0 Å². The van der Waals surface area contributed by atoms with E-state index in [1.54, 1.807) is 17.1 Å². The summed E-state index contributed by atoms with van der Waals surface area (Å²) in [7, 11) is 1.84. The van der Waals surface area contributed by atoms with Crippen LogP contribution in [0.2, 0.25) is 0 Å². The van der Waals surface area contributed by atoms with E-state index >= 15 is 0 Å². The number of para-hydroxylation sites is 2. The van der Waals surface area contributed by atoms with Crippen molar-refractivity contribution < 1.29 is 4.79 Å². The van der Waals surface area contributed by atoms with Gasteiger partial charge in [-0.3, -0.25) is 9.48 Å². The number of imidazole rings is 1. The highest BCUT2D eigenvalue weighted by atomic mass is 16.2. The zero-order valence-corrected chi connectivity index (χ0v) is 16.7. The van der Waals surface area contributed by atoms with Gasteiger partial charge in [0.05, 0.1) is 28.9 Å². The van der Waals surface area contributed by atoms with Crippen molar-refractivity contribution in [3.63, 3.8) is 0 Å². The minimum atomic E-state index is -0.539. The number of nitrogens with zero attached hydrogens (tertiary/aromatic N) is 4. The van der Waals surface area contributed by atoms with Crippen LogP contribution < -0.4 is 5.43 Å². The van der Waals surface area contributed by atoms with Gasteiger partial charge in [-0.05, 0) is 30.4 Å². The zero-order valence-electron chi connectivity index (χ0n) is 16.7. The molecule has 0 saturated heterocycles. The first-order valence-electron chi connectivity index (χ1n) is 9.58. The Morgan fingerprint density at radius 2 is 2.14 bits per heavy atom. The molecule has 2 N–H and O–H groups in total. The molecule has 2 heterocycles. The molecule has 1 amide bonds. The van der Waals surface area contributed by atoms with E-state index in [1.165, 1.54) is 0 Å². The van der Waals surface area contributed by atoms with Crippen LogP contribution in [0.4, 0.5) is 0 Å². The number of aromatic amines is 1. The molecule has 3 aromatic rings. The molecule has 146 valence electrons. The lowest BCUT2D eigenvalue weighted by molar-refractivity contribution is -0.135. The molecular weight excluding hydrogens is 352 g/mol. The van der Waals surface area contributed by atoms with Crippen LogP contribution >= 0.6 is 0 Å². The number of rotatable bonds is 4. The fourth-order valence-corrected chi connectivity index (χ4v) is 4.32. The molecule has 28 heavy (non-hydrogen) atoms. The van der Waals surface area contributed by atoms with E-state index in [9.17, 15) is 4.79 Å². The van der Waals surface area contributed by atoms with E-state index in [-0.39, 0.29) is 17.2 Å². The highest BCUT2D eigenvalue weighted by Gasteiger charge is 2.57. The van der Waals surface area contributed by atoms with Crippen LogP contribution in [0.25, 0.3) is 11.0 Å². The number of hydrazone groups is 1. The van der Waals surface area contributed by atoms with Gasteiger partial charge in [0.2, 0.25) is 5.91 Å². The number of carbonyl (C=O) groups excluding carboxylic acids is 1. The SMILES string of the molecule is Cn1cc(/C=N\NC(=O)[C@@]2(C)CC[C@H](c3nc4ccccc4[nH]3)C2(C)C)cn1. The molecule has 0 radical (unpaired) electrons. The Morgan fingerprint density at radius 1 is 1.36 bits per heavy atom. The molecule has 0 unspecified atom stereocenters. The molecule has 1 aromatic carbocycles. The van der Waals surface area contributed by atoms with Crippen molar-refractivity contribution in [3.8, 4) is 0 Å². The van der Waals surface area contributed by atoms with Crippen LogP contribution in [0, 0.1) is 10.8 Å². The minimum Gasteiger partial charge on any atom is -0.342 e. The topological polar surface area (TPSA) is 88.0 Å². The predicted octanol–water partition coefficient (Wildman–Crippen LogP) is 3.36. The van der Waals surface area contributed by atoms with E-state index in [0.29, 0.717) is 0 Å². The maximum Gasteiger partial charge on any atom is 0.246 e. The Bertz CT molecular complexity index is 1010. The van der Waals surface area contributed by atoms with E-state index in [2.05, 4.69) is 34.5 Å². The third kappa shape index (κ3) is 2.91. The summed E-state index contributed by atoms with van der Waals surface area (Å²) in [6.45, 7) is 6.34. The maximum absolute atomic E-state index is 13.1. The summed E-state index contributed by atoms with van der Waals surface area (Å²) in [5, 5.41) is 8.23. The summed E-state index contributed by atoms with van der Waals surface area (Å²) in [4.78, 5) is 21.3. The van der Waals surface area contributed by atoms with Gasteiger partial charge < -0.3 is 4.98 Å². The smallest absolute Gasteiger partial charge is 0.246 e. The number of nitrogens with one attached hydrogen (secondary N) is 2. The molecule has 0 bridgehead atoms. The highest BCUT2D eigenvalue weighted by molar-refractivity contribution is 5.86. The largest absolute Gasteiger partial charge is 0.342 e. The molecule has 7 heteroatoms. The Hall–Kier alpha value is -2.96. The Morgan fingerprint density at radius 3 is 2.86 bits per heavy atom. The van der Waals surface area contributed by atoms with Gasteiger partial charge in [0.25, 0.3) is 0 Å². The lowest BCUT2D eigenvalue weighted by Crippen LogP contribution is -2.45. The van der Waals surface area contributed by atoms with Gasteiger partial charge in [0.15, 0.2) is 0 Å². The number of hydrogen-bond acceptors (Lipinski definition) is 4. The van der Waals surface area contributed by atoms with Gasteiger partial charge in [-0.2, -0.15) is 10.2 Å². The zero-order chi connectivity index (χ0) is 19.9. The number of amides is 1. The van der Waals surface area contributed by atoms with E-state index in [0.717, 1.165) is 35.3 Å². The van der Waals surface area contributed by atoms with Crippen molar-refractivity contribution in [3.05, 3.63) is 48.0 Å². The third-order valence-corrected chi connectivity index (χ3v) is 6.57. The number of benzene rings is 1. The van der Waals surface area contributed by atoms with Gasteiger partial charge in [0, 0.05) is 24.7 Å². The number of hydrogen-bond donors (Lipinski definition) is 2. The summed E-state index contributed by atoms with van der Waals surface area (Å²) < 4.78 is 1.70. The second kappa shape index (κ2) is 6.58. The number of carbonyl (C=O) groups is 1. The second-order valence-electron chi connectivity index (χ2n) is 8.43. The molecular formula is C21H26N6O. The first kappa shape index (κ1) is 18.4. The predicted molar refractivity (Wildman–Crippen MR) is 109 cm³/mol. The van der Waals surface area contributed by atoms with Crippen molar-refractivity contribution in [1.82, 2.24) is 25.2 Å². The highest BCUT2D eigenvalue weighted by Crippen LogP contribution is 2.59. The molecule has 4 rings (SSSR count). The van der Waals surface area contributed by atoms with Crippen LogP contribution in [0.15, 0.2) is 41.8 Å². The van der Waals surface area contributed by atoms with Crippen molar-refractivity contribution in [2.75, 3.05) is 0 Å². The second-order valence-corrected chi connectivity index (χ2v) is 8.43. The maximum atomic E-state index is 13.1. The summed E-state index contributed by atoms with van der Waals surface area (Å²) in [5.41, 5.74) is 4.78. The Labute approximate surface area is 164 Å². The van der Waals surface area contributed by atoms with Gasteiger partial charge in [0.1, 0.15) is 5.82 Å². The molecule has 7 nitrogen and oxygen atoms in total. The van der Waals surface area contributed by atoms with E-state index in [4.69, 9.17) is 4.98 Å². The van der Waals surface area contributed by atoms with E-state index in [1.807, 2.05) is 44.4 Å². The van der Waals surface area contributed by atoms with Crippen molar-refractivity contribution >= 4 is 23.2 Å². The third-order valence-electron chi connectivity index (χ3n) is 6.57. The lowest BCUT2D eigenvalue weighted by Gasteiger charge is -2.39. The molecule has 0 aliphatic heterocycles. The van der Waals surface area contributed by atoms with Crippen LogP contribution in [0.5, 0.6) is 0 Å². The monoisotopic (exact) mass is 378 g/mol. The van der Waals surface area contributed by atoms with Crippen LogP contribution in [0.3, 0.4) is 0 Å². The fourth-order valence-electron chi connectivity index (χ4n) is 4.32. The summed E-state index contributed by atoms with van der Waals surface area (Å²) >= 11 is 0. The molecule has 1 saturated carbocycles. The molecule has 1 aliphatic rings. The summed E-state index contributed by atoms with van der Waals surface area (Å²) in [6.07, 6.45) is 6.86. The Kier molecular flexibility index (Phi) is 4.33.